The average Bonchev–Trinajstić information content (AvgIpc) is 2.53. The number of nitrogens with two attached hydrogens (primary N) is 1. The molecule has 0 radical (unpaired) electrons. The number of nitrogens with zero attached hydrogens (tertiary/aromatic N) is 2. The van der Waals surface area contributed by atoms with Crippen molar-refractivity contribution in [2.75, 3.05) is 39.5 Å². The van der Waals surface area contributed by atoms with Gasteiger partial charge >= 0.3 is 0 Å². The van der Waals surface area contributed by atoms with Crippen molar-refractivity contribution in [3.8, 4) is 5.75 Å². The molecule has 2 aliphatic heterocycles. The number of para-hydroxylation sites is 1. The second kappa shape index (κ2) is 6.13. The Morgan fingerprint density at radius 2 is 2.05 bits per heavy atom. The summed E-state index contributed by atoms with van der Waals surface area (Å²) in [6.45, 7) is 4.62. The molecule has 0 spiro atoms. The highest BCUT2D eigenvalue weighted by Crippen LogP contribution is 2.33. The van der Waals surface area contributed by atoms with E-state index in [0.717, 1.165) is 51.6 Å². The lowest BCUT2D eigenvalue weighted by Gasteiger charge is -2.28. The van der Waals surface area contributed by atoms with Gasteiger partial charge in [0.05, 0.1) is 19.8 Å². The van der Waals surface area contributed by atoms with Crippen LogP contribution in [0, 0.1) is 0 Å². The van der Waals surface area contributed by atoms with Crippen LogP contribution in [-0.2, 0) is 4.74 Å². The highest BCUT2D eigenvalue weighted by atomic mass is 16.5. The first-order valence-corrected chi connectivity index (χ1v) is 7.19. The minimum Gasteiger partial charge on any atom is -0.493 e. The monoisotopic (exact) mass is 275 g/mol. The third-order valence-electron chi connectivity index (χ3n) is 3.89. The van der Waals surface area contributed by atoms with E-state index in [4.69, 9.17) is 15.2 Å². The number of ether oxygens (including phenoxy) is 2. The minimum atomic E-state index is 0.402. The van der Waals surface area contributed by atoms with Crippen LogP contribution in [0.5, 0.6) is 5.75 Å². The van der Waals surface area contributed by atoms with Crippen LogP contribution < -0.4 is 10.5 Å². The molecule has 2 heterocycles. The Balaban J connectivity index is 1.66. The molecule has 20 heavy (non-hydrogen) atoms. The number of aliphatic imine (C=N–C) groups is 1. The van der Waals surface area contributed by atoms with Crippen molar-refractivity contribution in [2.45, 2.75) is 12.3 Å². The molecule has 108 valence electrons. The lowest BCUT2D eigenvalue weighted by Crippen LogP contribution is -2.45. The van der Waals surface area contributed by atoms with Crippen LogP contribution in [0.3, 0.4) is 0 Å². The van der Waals surface area contributed by atoms with Crippen LogP contribution in [0.1, 0.15) is 17.9 Å². The highest BCUT2D eigenvalue weighted by molar-refractivity contribution is 5.78. The predicted molar refractivity (Wildman–Crippen MR) is 78.2 cm³/mol. The molecular formula is C15H21N3O2. The lowest BCUT2D eigenvalue weighted by atomic mass is 9.93. The molecule has 1 unspecified atom stereocenters. The zero-order chi connectivity index (χ0) is 13.8. The van der Waals surface area contributed by atoms with E-state index in [-0.39, 0.29) is 0 Å². The van der Waals surface area contributed by atoms with Crippen LogP contribution in [0.4, 0.5) is 0 Å². The maximum Gasteiger partial charge on any atom is 0.191 e. The number of morpholine rings is 1. The van der Waals surface area contributed by atoms with Gasteiger partial charge in [-0.1, -0.05) is 18.2 Å². The van der Waals surface area contributed by atoms with Gasteiger partial charge in [0.25, 0.3) is 0 Å². The van der Waals surface area contributed by atoms with E-state index in [2.05, 4.69) is 22.0 Å². The summed E-state index contributed by atoms with van der Waals surface area (Å²) >= 11 is 0. The van der Waals surface area contributed by atoms with Crippen molar-refractivity contribution < 1.29 is 9.47 Å². The SMILES string of the molecule is NC(=NCC1CCOc2ccccc21)N1CCOCC1. The maximum absolute atomic E-state index is 6.07. The van der Waals surface area contributed by atoms with E-state index < -0.39 is 0 Å². The van der Waals surface area contributed by atoms with Gasteiger partial charge in [0.15, 0.2) is 5.96 Å². The Bertz CT molecular complexity index is 484. The van der Waals surface area contributed by atoms with Crippen molar-refractivity contribution in [2.24, 2.45) is 10.7 Å². The summed E-state index contributed by atoms with van der Waals surface area (Å²) in [6, 6.07) is 8.21. The Morgan fingerprint density at radius 1 is 1.25 bits per heavy atom. The fraction of sp³-hybridized carbons (Fsp3) is 0.533. The Kier molecular flexibility index (Phi) is 4.06. The summed E-state index contributed by atoms with van der Waals surface area (Å²) in [5.41, 5.74) is 7.32. The number of benzene rings is 1. The molecule has 0 amide bonds. The van der Waals surface area contributed by atoms with Crippen molar-refractivity contribution in [1.82, 2.24) is 4.90 Å². The fourth-order valence-electron chi connectivity index (χ4n) is 2.70. The summed E-state index contributed by atoms with van der Waals surface area (Å²) in [6.07, 6.45) is 0.997. The normalized spacial score (nSPS) is 23.1. The Morgan fingerprint density at radius 3 is 2.90 bits per heavy atom. The number of hydrogen-bond donors (Lipinski definition) is 1. The van der Waals surface area contributed by atoms with Crippen LogP contribution in [0.25, 0.3) is 0 Å². The molecule has 2 N–H and O–H groups in total. The summed E-state index contributed by atoms with van der Waals surface area (Å²) in [4.78, 5) is 6.67. The van der Waals surface area contributed by atoms with Crippen molar-refractivity contribution in [3.05, 3.63) is 29.8 Å². The van der Waals surface area contributed by atoms with Crippen molar-refractivity contribution in [3.63, 3.8) is 0 Å². The third kappa shape index (κ3) is 2.88. The lowest BCUT2D eigenvalue weighted by molar-refractivity contribution is 0.0674. The second-order valence-electron chi connectivity index (χ2n) is 5.17. The number of hydrogen-bond acceptors (Lipinski definition) is 3. The maximum atomic E-state index is 6.07. The molecule has 1 saturated heterocycles. The van der Waals surface area contributed by atoms with E-state index in [0.29, 0.717) is 11.9 Å². The van der Waals surface area contributed by atoms with Gasteiger partial charge in [-0.15, -0.1) is 0 Å². The molecule has 0 saturated carbocycles. The minimum absolute atomic E-state index is 0.402. The standard InChI is InChI=1S/C15H21N3O2/c16-15(18-6-9-19-10-7-18)17-11-12-5-8-20-14-4-2-1-3-13(12)14/h1-4,12H,5-11H2,(H2,16,17). The van der Waals surface area contributed by atoms with Gasteiger partial charge < -0.3 is 20.1 Å². The number of fused-ring (bicyclic) bond motifs is 1. The zero-order valence-electron chi connectivity index (χ0n) is 11.6. The average molecular weight is 275 g/mol. The zero-order valence-corrected chi connectivity index (χ0v) is 11.6. The van der Waals surface area contributed by atoms with E-state index in [1.807, 2.05) is 12.1 Å². The van der Waals surface area contributed by atoms with Gasteiger partial charge in [0, 0.05) is 25.6 Å². The summed E-state index contributed by atoms with van der Waals surface area (Å²) < 4.78 is 11.0. The molecule has 5 heteroatoms. The smallest absolute Gasteiger partial charge is 0.191 e. The first-order chi connectivity index (χ1) is 9.84. The van der Waals surface area contributed by atoms with Crippen molar-refractivity contribution >= 4 is 5.96 Å². The Hall–Kier alpha value is -1.75. The topological polar surface area (TPSA) is 60.1 Å². The summed E-state index contributed by atoms with van der Waals surface area (Å²) in [5.74, 6) is 2.03. The van der Waals surface area contributed by atoms with Crippen LogP contribution in [0.15, 0.2) is 29.3 Å². The molecule has 1 fully saturated rings. The molecule has 1 aromatic carbocycles. The van der Waals surface area contributed by atoms with Gasteiger partial charge in [-0.3, -0.25) is 4.99 Å². The Labute approximate surface area is 119 Å². The molecule has 0 bridgehead atoms. The predicted octanol–water partition coefficient (Wildman–Crippen LogP) is 1.20. The first kappa shape index (κ1) is 13.2. The second-order valence-corrected chi connectivity index (χ2v) is 5.17. The molecule has 0 aliphatic carbocycles. The van der Waals surface area contributed by atoms with Crippen LogP contribution in [-0.4, -0.2) is 50.3 Å². The molecular weight excluding hydrogens is 254 g/mol. The van der Waals surface area contributed by atoms with Gasteiger partial charge in [0.2, 0.25) is 0 Å². The molecule has 2 aliphatic rings. The van der Waals surface area contributed by atoms with E-state index in [1.165, 1.54) is 5.56 Å². The summed E-state index contributed by atoms with van der Waals surface area (Å²) in [5, 5.41) is 0. The molecule has 3 rings (SSSR count). The summed E-state index contributed by atoms with van der Waals surface area (Å²) in [7, 11) is 0. The van der Waals surface area contributed by atoms with Gasteiger partial charge in [0.1, 0.15) is 5.75 Å². The highest BCUT2D eigenvalue weighted by Gasteiger charge is 2.21. The molecule has 5 nitrogen and oxygen atoms in total. The van der Waals surface area contributed by atoms with Gasteiger partial charge in [-0.25, -0.2) is 0 Å². The number of rotatable bonds is 2. The van der Waals surface area contributed by atoms with E-state index >= 15 is 0 Å². The van der Waals surface area contributed by atoms with Gasteiger partial charge in [-0.2, -0.15) is 0 Å². The third-order valence-corrected chi connectivity index (χ3v) is 3.89. The van der Waals surface area contributed by atoms with E-state index in [1.54, 1.807) is 0 Å². The van der Waals surface area contributed by atoms with Crippen molar-refractivity contribution in [1.29, 1.82) is 0 Å². The number of guanidine groups is 1. The van der Waals surface area contributed by atoms with Gasteiger partial charge in [-0.05, 0) is 18.1 Å². The molecule has 1 atom stereocenters. The quantitative estimate of drug-likeness (QED) is 0.651. The fourth-order valence-corrected chi connectivity index (χ4v) is 2.70. The van der Waals surface area contributed by atoms with Crippen LogP contribution >= 0.6 is 0 Å². The molecule has 0 aromatic heterocycles. The van der Waals surface area contributed by atoms with Crippen LogP contribution in [0.2, 0.25) is 0 Å². The van der Waals surface area contributed by atoms with E-state index in [9.17, 15) is 0 Å². The first-order valence-electron chi connectivity index (χ1n) is 7.19. The largest absolute Gasteiger partial charge is 0.493 e. The molecule has 1 aromatic rings.